The van der Waals surface area contributed by atoms with Crippen molar-refractivity contribution in [3.8, 4) is 11.1 Å². The molecule has 1 saturated carbocycles. The molecule has 1 nitrogen and oxygen atoms in total. The summed E-state index contributed by atoms with van der Waals surface area (Å²) >= 11 is 6.19. The zero-order chi connectivity index (χ0) is 13.2. The summed E-state index contributed by atoms with van der Waals surface area (Å²) in [6.45, 7) is 0.742. The van der Waals surface area contributed by atoms with Crippen LogP contribution in [0.25, 0.3) is 11.1 Å². The van der Waals surface area contributed by atoms with E-state index in [-0.39, 0.29) is 5.82 Å². The zero-order valence-corrected chi connectivity index (χ0v) is 11.3. The number of rotatable bonds is 4. The molecule has 0 aromatic heterocycles. The first-order valence-corrected chi connectivity index (χ1v) is 6.88. The number of nitrogens with one attached hydrogen (secondary N) is 1. The molecule has 0 bridgehead atoms. The predicted octanol–water partition coefficient (Wildman–Crippen LogP) is 4.40. The fourth-order valence-electron chi connectivity index (χ4n) is 2.11. The monoisotopic (exact) mass is 275 g/mol. The van der Waals surface area contributed by atoms with E-state index in [1.165, 1.54) is 18.9 Å². The largest absolute Gasteiger partial charge is 0.310 e. The van der Waals surface area contributed by atoms with E-state index < -0.39 is 0 Å². The molecule has 98 valence electrons. The molecule has 19 heavy (non-hydrogen) atoms. The maximum atomic E-state index is 13.8. The van der Waals surface area contributed by atoms with Gasteiger partial charge >= 0.3 is 0 Å². The van der Waals surface area contributed by atoms with Crippen LogP contribution in [-0.2, 0) is 6.54 Å². The summed E-state index contributed by atoms with van der Waals surface area (Å²) in [7, 11) is 0. The molecule has 0 amide bonds. The van der Waals surface area contributed by atoms with Gasteiger partial charge in [-0.2, -0.15) is 0 Å². The first kappa shape index (κ1) is 12.6. The molecule has 2 aromatic rings. The Hall–Kier alpha value is -1.38. The summed E-state index contributed by atoms with van der Waals surface area (Å²) in [5.74, 6) is -0.203. The zero-order valence-electron chi connectivity index (χ0n) is 10.5. The number of halogens is 2. The molecule has 3 heteroatoms. The topological polar surface area (TPSA) is 12.0 Å². The van der Waals surface area contributed by atoms with Crippen LogP contribution in [0.1, 0.15) is 18.4 Å². The Bertz CT molecular complexity index is 593. The van der Waals surface area contributed by atoms with Crippen molar-refractivity contribution in [2.24, 2.45) is 0 Å². The van der Waals surface area contributed by atoms with Gasteiger partial charge in [0, 0.05) is 23.2 Å². The third-order valence-electron chi connectivity index (χ3n) is 3.39. The smallest absolute Gasteiger partial charge is 0.131 e. The van der Waals surface area contributed by atoms with Gasteiger partial charge in [0.05, 0.1) is 0 Å². The molecule has 2 aromatic carbocycles. The average Bonchev–Trinajstić information content (AvgIpc) is 3.23. The lowest BCUT2D eigenvalue weighted by atomic mass is 10.0. The van der Waals surface area contributed by atoms with Gasteiger partial charge < -0.3 is 5.32 Å². The van der Waals surface area contributed by atoms with E-state index in [0.717, 1.165) is 22.7 Å². The van der Waals surface area contributed by atoms with Gasteiger partial charge in [0.2, 0.25) is 0 Å². The van der Waals surface area contributed by atoms with Crippen molar-refractivity contribution in [1.29, 1.82) is 0 Å². The molecule has 1 N–H and O–H groups in total. The van der Waals surface area contributed by atoms with Crippen LogP contribution in [0.5, 0.6) is 0 Å². The first-order valence-electron chi connectivity index (χ1n) is 6.51. The molecule has 1 aliphatic rings. The molecular formula is C16H15ClFN. The first-order chi connectivity index (χ1) is 9.24. The molecule has 0 radical (unpaired) electrons. The van der Waals surface area contributed by atoms with Crippen molar-refractivity contribution in [2.45, 2.75) is 25.4 Å². The highest BCUT2D eigenvalue weighted by atomic mass is 35.5. The summed E-state index contributed by atoms with van der Waals surface area (Å²) in [6, 6.07) is 13.1. The van der Waals surface area contributed by atoms with Crippen LogP contribution in [0.3, 0.4) is 0 Å². The van der Waals surface area contributed by atoms with Crippen LogP contribution in [0.2, 0.25) is 5.02 Å². The van der Waals surface area contributed by atoms with Crippen molar-refractivity contribution in [3.05, 3.63) is 58.9 Å². The minimum atomic E-state index is -0.203. The molecule has 0 spiro atoms. The molecular weight excluding hydrogens is 261 g/mol. The second-order valence-corrected chi connectivity index (χ2v) is 5.35. The Morgan fingerprint density at radius 2 is 1.95 bits per heavy atom. The molecule has 3 rings (SSSR count). The van der Waals surface area contributed by atoms with Crippen LogP contribution in [-0.4, -0.2) is 6.04 Å². The van der Waals surface area contributed by atoms with Crippen LogP contribution in [0.4, 0.5) is 4.39 Å². The average molecular weight is 276 g/mol. The van der Waals surface area contributed by atoms with Crippen LogP contribution in [0, 0.1) is 5.82 Å². The lowest BCUT2D eigenvalue weighted by Gasteiger charge is -2.09. The molecule has 0 unspecified atom stereocenters. The van der Waals surface area contributed by atoms with Crippen molar-refractivity contribution < 1.29 is 4.39 Å². The molecule has 0 aliphatic heterocycles. The van der Waals surface area contributed by atoms with Crippen molar-refractivity contribution in [2.75, 3.05) is 0 Å². The number of benzene rings is 2. The van der Waals surface area contributed by atoms with Crippen LogP contribution < -0.4 is 5.32 Å². The maximum Gasteiger partial charge on any atom is 0.131 e. The summed E-state index contributed by atoms with van der Waals surface area (Å²) < 4.78 is 13.8. The summed E-state index contributed by atoms with van der Waals surface area (Å²) in [5, 5.41) is 4.16. The third kappa shape index (κ3) is 2.96. The molecule has 0 heterocycles. The summed E-state index contributed by atoms with van der Waals surface area (Å²) in [5.41, 5.74) is 2.51. The van der Waals surface area contributed by atoms with Gasteiger partial charge in [-0.1, -0.05) is 35.9 Å². The fraction of sp³-hybridized carbons (Fsp3) is 0.250. The van der Waals surface area contributed by atoms with E-state index in [2.05, 4.69) is 5.32 Å². The van der Waals surface area contributed by atoms with E-state index in [4.69, 9.17) is 11.6 Å². The van der Waals surface area contributed by atoms with Crippen LogP contribution >= 0.6 is 11.6 Å². The molecule has 0 atom stereocenters. The van der Waals surface area contributed by atoms with Gasteiger partial charge in [-0.25, -0.2) is 4.39 Å². The van der Waals surface area contributed by atoms with Gasteiger partial charge in [-0.05, 0) is 42.2 Å². The molecule has 1 aliphatic carbocycles. The lowest BCUT2D eigenvalue weighted by Crippen LogP contribution is -2.15. The third-order valence-corrected chi connectivity index (χ3v) is 3.76. The maximum absolute atomic E-state index is 13.8. The van der Waals surface area contributed by atoms with Gasteiger partial charge in [-0.3, -0.25) is 0 Å². The van der Waals surface area contributed by atoms with E-state index >= 15 is 0 Å². The minimum Gasteiger partial charge on any atom is -0.310 e. The van der Waals surface area contributed by atoms with Gasteiger partial charge in [-0.15, -0.1) is 0 Å². The Morgan fingerprint density at radius 3 is 2.68 bits per heavy atom. The summed E-state index contributed by atoms with van der Waals surface area (Å²) in [6.07, 6.45) is 2.48. The number of hydrogen-bond acceptors (Lipinski definition) is 1. The van der Waals surface area contributed by atoms with E-state index in [1.54, 1.807) is 12.1 Å². The normalized spacial score (nSPS) is 14.6. The Kier molecular flexibility index (Phi) is 3.54. The Balaban J connectivity index is 1.89. The number of hydrogen-bond donors (Lipinski definition) is 1. The van der Waals surface area contributed by atoms with E-state index in [1.807, 2.05) is 24.3 Å². The minimum absolute atomic E-state index is 0.203. The van der Waals surface area contributed by atoms with E-state index in [9.17, 15) is 4.39 Å². The predicted molar refractivity (Wildman–Crippen MR) is 76.7 cm³/mol. The molecule has 0 saturated heterocycles. The lowest BCUT2D eigenvalue weighted by molar-refractivity contribution is 0.631. The van der Waals surface area contributed by atoms with Gasteiger partial charge in [0.15, 0.2) is 0 Å². The van der Waals surface area contributed by atoms with Gasteiger partial charge in [0.25, 0.3) is 0 Å². The second kappa shape index (κ2) is 5.32. The van der Waals surface area contributed by atoms with Crippen molar-refractivity contribution in [1.82, 2.24) is 5.32 Å². The summed E-state index contributed by atoms with van der Waals surface area (Å²) in [4.78, 5) is 0. The highest BCUT2D eigenvalue weighted by Gasteiger charge is 2.20. The standard InChI is InChI=1S/C16H15ClFN/c17-15-8-5-11(14-3-1-2-4-16(14)18)9-12(15)10-19-13-6-7-13/h1-5,8-9,13,19H,6-7,10H2. The van der Waals surface area contributed by atoms with Crippen molar-refractivity contribution >= 4 is 11.6 Å². The fourth-order valence-corrected chi connectivity index (χ4v) is 2.30. The quantitative estimate of drug-likeness (QED) is 0.872. The second-order valence-electron chi connectivity index (χ2n) is 4.94. The van der Waals surface area contributed by atoms with Crippen molar-refractivity contribution in [3.63, 3.8) is 0 Å². The highest BCUT2D eigenvalue weighted by Crippen LogP contribution is 2.28. The van der Waals surface area contributed by atoms with Crippen LogP contribution in [0.15, 0.2) is 42.5 Å². The van der Waals surface area contributed by atoms with Gasteiger partial charge in [0.1, 0.15) is 5.82 Å². The SMILES string of the molecule is Fc1ccccc1-c1ccc(Cl)c(CNC2CC2)c1. The Morgan fingerprint density at radius 1 is 1.16 bits per heavy atom. The Labute approximate surface area is 117 Å². The highest BCUT2D eigenvalue weighted by molar-refractivity contribution is 6.31. The van der Waals surface area contributed by atoms with E-state index in [0.29, 0.717) is 11.6 Å². The molecule has 1 fully saturated rings.